The van der Waals surface area contributed by atoms with Crippen molar-refractivity contribution in [2.24, 2.45) is 4.99 Å². The third-order valence-corrected chi connectivity index (χ3v) is 15.8. The van der Waals surface area contributed by atoms with Crippen LogP contribution in [0.2, 0.25) is 0 Å². The van der Waals surface area contributed by atoms with E-state index in [0.29, 0.717) is 53.4 Å². The van der Waals surface area contributed by atoms with Crippen molar-refractivity contribution in [1.29, 1.82) is 0 Å². The molecule has 4 aliphatic rings. The summed E-state index contributed by atoms with van der Waals surface area (Å²) in [4.78, 5) is 49.9. The maximum atomic E-state index is 14.0. The number of ether oxygens (including phenoxy) is 3. The van der Waals surface area contributed by atoms with Crippen LogP contribution in [0.25, 0.3) is 0 Å². The van der Waals surface area contributed by atoms with Crippen molar-refractivity contribution in [1.82, 2.24) is 0 Å². The highest BCUT2D eigenvalue weighted by atomic mass is 32.8. The lowest BCUT2D eigenvalue weighted by atomic mass is 9.98. The average Bonchev–Trinajstić information content (AvgIpc) is 3.75. The Labute approximate surface area is 369 Å². The van der Waals surface area contributed by atoms with Gasteiger partial charge in [0.2, 0.25) is 5.91 Å². The van der Waals surface area contributed by atoms with E-state index in [4.69, 9.17) is 30.4 Å². The van der Waals surface area contributed by atoms with Gasteiger partial charge in [0, 0.05) is 58.5 Å². The van der Waals surface area contributed by atoms with E-state index < -0.39 is 0 Å². The number of carbonyl (C=O) groups excluding carboxylic acids is 3. The monoisotopic (exact) mass is 866 g/mol. The minimum absolute atomic E-state index is 0.0387. The number of benzene rings is 5. The summed E-state index contributed by atoms with van der Waals surface area (Å²) in [7, 11) is 1.29. The van der Waals surface area contributed by atoms with Crippen LogP contribution in [0.4, 0.5) is 22.7 Å². The predicted octanol–water partition coefficient (Wildman–Crippen LogP) is 9.17. The molecule has 3 amide bonds. The van der Waals surface area contributed by atoms with Gasteiger partial charge >= 0.3 is 0 Å². The van der Waals surface area contributed by atoms with E-state index in [0.717, 1.165) is 64.0 Å². The number of amides is 3. The maximum absolute atomic E-state index is 14.0. The third-order valence-electron chi connectivity index (χ3n) is 12.7. The summed E-state index contributed by atoms with van der Waals surface area (Å²) in [6.45, 7) is 6.53. The summed E-state index contributed by atoms with van der Waals surface area (Å²) in [6, 6.07) is 29.4. The van der Waals surface area contributed by atoms with E-state index >= 15 is 0 Å². The van der Waals surface area contributed by atoms with Crippen molar-refractivity contribution >= 4 is 67.3 Å². The number of para-hydroxylation sites is 2. The largest absolute Gasteiger partial charge is 0.493 e. The summed E-state index contributed by atoms with van der Waals surface area (Å²) in [6.07, 6.45) is 8.07. The van der Waals surface area contributed by atoms with Crippen molar-refractivity contribution in [3.8, 4) is 17.2 Å². The Hall–Kier alpha value is -5.85. The Balaban J connectivity index is 0.961. The lowest BCUT2D eigenvalue weighted by Gasteiger charge is -2.24. The van der Waals surface area contributed by atoms with Crippen molar-refractivity contribution in [2.45, 2.75) is 89.3 Å². The molecule has 5 aromatic rings. The molecule has 9 rings (SSSR count). The second-order valence-corrected chi connectivity index (χ2v) is 20.7. The first-order valence-corrected chi connectivity index (χ1v) is 23.7. The van der Waals surface area contributed by atoms with Crippen molar-refractivity contribution < 1.29 is 28.6 Å². The molecule has 10 nitrogen and oxygen atoms in total. The molecule has 0 bridgehead atoms. The summed E-state index contributed by atoms with van der Waals surface area (Å²) in [5, 5.41) is 3.11. The van der Waals surface area contributed by atoms with Gasteiger partial charge in [-0.1, -0.05) is 61.4 Å². The molecule has 0 spiro atoms. The van der Waals surface area contributed by atoms with E-state index in [9.17, 15) is 14.4 Å². The van der Waals surface area contributed by atoms with Crippen molar-refractivity contribution in [2.75, 3.05) is 28.5 Å². The van der Waals surface area contributed by atoms with Crippen molar-refractivity contribution in [3.63, 3.8) is 0 Å². The number of anilines is 3. The Morgan fingerprint density at radius 3 is 2.19 bits per heavy atom. The molecular formula is C50H50N4O6S2. The van der Waals surface area contributed by atoms with Crippen LogP contribution in [0.1, 0.15) is 87.2 Å². The molecule has 0 fully saturated rings. The zero-order valence-corrected chi connectivity index (χ0v) is 37.3. The fourth-order valence-electron chi connectivity index (χ4n) is 9.00. The first kappa shape index (κ1) is 41.5. The lowest BCUT2D eigenvalue weighted by molar-refractivity contribution is -0.116. The first-order valence-electron chi connectivity index (χ1n) is 21.1. The molecule has 3 atom stereocenters. The fourth-order valence-corrected chi connectivity index (χ4v) is 9.64. The number of carbonyl (C=O) groups is 3. The number of hydrogen-bond acceptors (Lipinski definition) is 8. The van der Waals surface area contributed by atoms with Gasteiger partial charge < -0.3 is 24.4 Å². The molecule has 1 N–H and O–H groups in total. The molecule has 0 aromatic heterocycles. The smallest absolute Gasteiger partial charge is 0.261 e. The molecule has 0 radical (unpaired) electrons. The van der Waals surface area contributed by atoms with Crippen LogP contribution in [0.5, 0.6) is 17.2 Å². The van der Waals surface area contributed by atoms with Gasteiger partial charge in [-0.25, -0.2) is 0 Å². The highest BCUT2D eigenvalue weighted by Gasteiger charge is 2.38. The van der Waals surface area contributed by atoms with Crippen LogP contribution >= 0.6 is 0 Å². The van der Waals surface area contributed by atoms with Gasteiger partial charge in [0.05, 0.1) is 24.4 Å². The number of nitrogens with zero attached hydrogens (tertiary/aromatic N) is 3. The topological polar surface area (TPSA) is 110 Å². The summed E-state index contributed by atoms with van der Waals surface area (Å²) < 4.78 is 18.6. The molecule has 12 heteroatoms. The highest BCUT2D eigenvalue weighted by Crippen LogP contribution is 2.42. The second-order valence-electron chi connectivity index (χ2n) is 17.2. The van der Waals surface area contributed by atoms with Crippen LogP contribution in [0.3, 0.4) is 0 Å². The zero-order valence-electron chi connectivity index (χ0n) is 35.7. The Morgan fingerprint density at radius 1 is 0.823 bits per heavy atom. The van der Waals surface area contributed by atoms with Gasteiger partial charge in [-0.2, -0.15) is 0 Å². The second kappa shape index (κ2) is 16.8. The first-order chi connectivity index (χ1) is 29.9. The molecule has 0 saturated carbocycles. The maximum Gasteiger partial charge on any atom is 0.261 e. The predicted molar refractivity (Wildman–Crippen MR) is 250 cm³/mol. The van der Waals surface area contributed by atoms with Crippen LogP contribution in [0, 0.1) is 6.92 Å². The quantitative estimate of drug-likeness (QED) is 0.133. The van der Waals surface area contributed by atoms with E-state index in [1.165, 1.54) is 5.56 Å². The molecule has 4 heterocycles. The Kier molecular flexibility index (Phi) is 11.2. The summed E-state index contributed by atoms with van der Waals surface area (Å²) in [5.74, 6) is 1.35. The number of fused-ring (bicyclic) bond motifs is 8. The number of aliphatic imine (C=N–C) groups is 1. The number of methoxy groups -OCH3 is 1. The average molecular weight is 867 g/mol. The van der Waals surface area contributed by atoms with Crippen LogP contribution in [0.15, 0.2) is 96.0 Å². The van der Waals surface area contributed by atoms with Crippen LogP contribution in [-0.2, 0) is 57.9 Å². The van der Waals surface area contributed by atoms with E-state index in [1.807, 2.05) is 102 Å². The lowest BCUT2D eigenvalue weighted by Crippen LogP contribution is -2.37. The van der Waals surface area contributed by atoms with Crippen LogP contribution < -0.4 is 29.3 Å². The normalized spacial score (nSPS) is 17.8. The molecule has 5 aromatic carbocycles. The number of hydrogen-bond donors (Lipinski definition) is 1. The van der Waals surface area contributed by atoms with E-state index in [2.05, 4.69) is 25.2 Å². The molecule has 62 heavy (non-hydrogen) atoms. The van der Waals surface area contributed by atoms with Gasteiger partial charge in [-0.05, 0) is 121 Å². The zero-order chi connectivity index (χ0) is 43.3. The summed E-state index contributed by atoms with van der Waals surface area (Å²) in [5.41, 5.74) is 10.0. The number of rotatable bonds is 12. The van der Waals surface area contributed by atoms with Gasteiger partial charge in [0.1, 0.15) is 19.0 Å². The van der Waals surface area contributed by atoms with Gasteiger partial charge in [0.15, 0.2) is 11.5 Å². The molecule has 1 unspecified atom stereocenters. The van der Waals surface area contributed by atoms with Crippen LogP contribution in [-0.4, -0.2) is 54.1 Å². The fraction of sp³-hybridized carbons (Fsp3) is 0.320. The van der Waals surface area contributed by atoms with Gasteiger partial charge in [0.25, 0.3) is 11.8 Å². The molecular weight excluding hydrogens is 817 g/mol. The molecule has 318 valence electrons. The molecule has 0 saturated heterocycles. The summed E-state index contributed by atoms with van der Waals surface area (Å²) >= 11 is 5.57. The van der Waals surface area contributed by atoms with E-state index in [-0.39, 0.29) is 57.2 Å². The SMILES string of the molecule is COc1cc2c(cc1OCc1cc(COc3cc4c(cc3C)C(=O)N3c5ccccc5C[C@H]3CC4)cc(NC(=O)CCC(C)(C)S(C)=S)c1)N=C[C@@H]1Cc3ccccc3N1C2=O. The van der Waals surface area contributed by atoms with Crippen molar-refractivity contribution in [3.05, 3.63) is 136 Å². The number of nitrogens with one attached hydrogen (secondary N) is 1. The minimum Gasteiger partial charge on any atom is -0.493 e. The Morgan fingerprint density at radius 2 is 1.48 bits per heavy atom. The van der Waals surface area contributed by atoms with E-state index in [1.54, 1.807) is 19.2 Å². The van der Waals surface area contributed by atoms with Gasteiger partial charge in [-0.3, -0.25) is 24.3 Å². The molecule has 4 aliphatic heterocycles. The standard InChI is InChI=1S/C50H50N4O6S2/c1-30-18-39-33(14-15-37-22-34-10-6-8-12-42(34)53(37)48(39)56)24-44(30)59-28-31-19-32(21-36(20-31)52-47(55)16-17-50(2,3)62(5)61)29-60-46-26-41-40(25-45(46)58-4)49(57)54-38(27-51-41)23-35-11-7-9-13-43(35)54/h6-13,18-21,24-27,37-38H,14-17,22-23,28-29H2,1-5H3,(H,52,55)/t37-,38+,62?/m1/s1. The minimum atomic E-state index is -0.262. The third kappa shape index (κ3) is 8.01. The molecule has 0 aliphatic carbocycles. The Bertz CT molecular complexity index is 2690. The number of aryl methyl sites for hydroxylation is 2. The highest BCUT2D eigenvalue weighted by molar-refractivity contribution is 8.29. The van der Waals surface area contributed by atoms with Gasteiger partial charge in [-0.15, -0.1) is 9.45 Å².